The standard InChI is InChI=1S/C41H38BN3O8/c1-24-10-14-28(15-11-24)43-45-38(48)34-23-33-31(18-19-32-35(33)39(49)44(37(32)47)29-9-5-8-27(22-29)42(51)52)36(25-12-16-30(17-13-25)53-21-20-46)41(34,40(45)50)26-6-3-2-4-7-26/h2-18,22,32-36,43,46,51-52H,19-21,23H2,1H3/t32-,33+,34-,35-,36-,41+/m0/s1. The average molecular weight is 712 g/mol. The molecule has 4 aromatic carbocycles. The number of aliphatic hydroxyl groups excluding tert-OH is 1. The Balaban J connectivity index is 1.28. The first-order valence-electron chi connectivity index (χ1n) is 17.8. The summed E-state index contributed by atoms with van der Waals surface area (Å²) in [4.78, 5) is 59.8. The van der Waals surface area contributed by atoms with Crippen molar-refractivity contribution in [2.24, 2.45) is 23.7 Å². The number of hydrazine groups is 1. The second kappa shape index (κ2) is 13.5. The minimum absolute atomic E-state index is 0.106. The van der Waals surface area contributed by atoms with Gasteiger partial charge in [0.2, 0.25) is 11.8 Å². The van der Waals surface area contributed by atoms with Crippen LogP contribution in [0.1, 0.15) is 35.4 Å². The van der Waals surface area contributed by atoms with Gasteiger partial charge in [0.15, 0.2) is 0 Å². The number of fused-ring (bicyclic) bond motifs is 4. The molecule has 2 aliphatic carbocycles. The average Bonchev–Trinajstić information content (AvgIpc) is 3.56. The predicted molar refractivity (Wildman–Crippen MR) is 197 cm³/mol. The highest BCUT2D eigenvalue weighted by molar-refractivity contribution is 6.58. The summed E-state index contributed by atoms with van der Waals surface area (Å²) < 4.78 is 5.67. The zero-order valence-electron chi connectivity index (χ0n) is 29.0. The summed E-state index contributed by atoms with van der Waals surface area (Å²) in [5.41, 5.74) is 5.90. The third-order valence-corrected chi connectivity index (χ3v) is 11.4. The van der Waals surface area contributed by atoms with Crippen LogP contribution in [0.2, 0.25) is 0 Å². The second-order valence-corrected chi connectivity index (χ2v) is 14.2. The predicted octanol–water partition coefficient (Wildman–Crippen LogP) is 3.24. The zero-order valence-corrected chi connectivity index (χ0v) is 29.0. The molecule has 4 N–H and O–H groups in total. The van der Waals surface area contributed by atoms with E-state index in [1.807, 2.05) is 79.7 Å². The first-order valence-corrected chi connectivity index (χ1v) is 17.8. The van der Waals surface area contributed by atoms with Gasteiger partial charge in [-0.1, -0.05) is 83.9 Å². The Hall–Kier alpha value is -5.56. The van der Waals surface area contributed by atoms with Gasteiger partial charge in [0.1, 0.15) is 12.4 Å². The van der Waals surface area contributed by atoms with Gasteiger partial charge >= 0.3 is 7.12 Å². The molecule has 268 valence electrons. The third-order valence-electron chi connectivity index (χ3n) is 11.4. The van der Waals surface area contributed by atoms with Crippen molar-refractivity contribution in [3.8, 4) is 5.75 Å². The molecule has 4 amide bonds. The van der Waals surface area contributed by atoms with E-state index in [1.165, 1.54) is 12.1 Å². The number of nitrogens with one attached hydrogen (secondary N) is 1. The second-order valence-electron chi connectivity index (χ2n) is 14.2. The molecule has 12 heteroatoms. The molecular formula is C41H38BN3O8. The summed E-state index contributed by atoms with van der Waals surface area (Å²) in [6, 6.07) is 30.1. The van der Waals surface area contributed by atoms with Gasteiger partial charge in [-0.25, -0.2) is 0 Å². The molecule has 53 heavy (non-hydrogen) atoms. The van der Waals surface area contributed by atoms with Crippen LogP contribution >= 0.6 is 0 Å². The number of anilines is 2. The molecule has 4 aliphatic rings. The fraction of sp³-hybridized carbons (Fsp3) is 0.268. The SMILES string of the molecule is Cc1ccc(NN2C(=O)[C@@H]3C[C@@H]4C(=CC[C@@H]5C(=O)N(c6cccc(B(O)O)c6)C(=O)[C@@H]54)[C@H](c4ccc(OCCO)cc4)[C@]3(c3ccccc3)C2=O)cc1. The zero-order chi connectivity index (χ0) is 37.0. The van der Waals surface area contributed by atoms with E-state index in [4.69, 9.17) is 4.74 Å². The number of carbonyl (C=O) groups is 4. The molecule has 3 fully saturated rings. The van der Waals surface area contributed by atoms with Gasteiger partial charge < -0.3 is 19.9 Å². The number of rotatable bonds is 9. The molecular weight excluding hydrogens is 673 g/mol. The highest BCUT2D eigenvalue weighted by Gasteiger charge is 2.70. The summed E-state index contributed by atoms with van der Waals surface area (Å²) in [6.07, 6.45) is 2.38. The van der Waals surface area contributed by atoms with Gasteiger partial charge in [-0.3, -0.25) is 29.5 Å². The summed E-state index contributed by atoms with van der Waals surface area (Å²) >= 11 is 0. The molecule has 2 aliphatic heterocycles. The fourth-order valence-corrected chi connectivity index (χ4v) is 9.12. The molecule has 0 unspecified atom stereocenters. The molecule has 1 saturated carbocycles. The van der Waals surface area contributed by atoms with Crippen molar-refractivity contribution in [3.05, 3.63) is 131 Å². The van der Waals surface area contributed by atoms with E-state index >= 15 is 4.79 Å². The van der Waals surface area contributed by atoms with E-state index in [0.29, 0.717) is 17.0 Å². The topological polar surface area (TPSA) is 157 Å². The van der Waals surface area contributed by atoms with Crippen LogP contribution in [0, 0.1) is 30.6 Å². The third kappa shape index (κ3) is 5.48. The van der Waals surface area contributed by atoms with E-state index in [0.717, 1.165) is 26.6 Å². The minimum atomic E-state index is -1.79. The van der Waals surface area contributed by atoms with E-state index in [-0.39, 0.29) is 37.2 Å². The van der Waals surface area contributed by atoms with E-state index < -0.39 is 65.8 Å². The van der Waals surface area contributed by atoms with Crippen LogP contribution < -0.4 is 20.5 Å². The number of aliphatic hydroxyl groups is 1. The maximum atomic E-state index is 15.3. The number of hydrogen-bond acceptors (Lipinski definition) is 9. The van der Waals surface area contributed by atoms with Crippen molar-refractivity contribution in [2.45, 2.75) is 31.1 Å². The summed E-state index contributed by atoms with van der Waals surface area (Å²) in [6.45, 7) is 1.90. The Morgan fingerprint density at radius 3 is 2.28 bits per heavy atom. The molecule has 8 rings (SSSR count). The summed E-state index contributed by atoms with van der Waals surface area (Å²) in [5.74, 6) is -4.81. The lowest BCUT2D eigenvalue weighted by Crippen LogP contribution is -2.53. The summed E-state index contributed by atoms with van der Waals surface area (Å²) in [5, 5.41) is 30.1. The number of ether oxygens (including phenoxy) is 1. The highest BCUT2D eigenvalue weighted by atomic mass is 16.5. The first-order chi connectivity index (χ1) is 25.6. The number of nitrogens with zero attached hydrogens (tertiary/aromatic N) is 2. The molecule has 0 radical (unpaired) electrons. The minimum Gasteiger partial charge on any atom is -0.491 e. The number of amides is 4. The maximum absolute atomic E-state index is 15.3. The molecule has 0 bridgehead atoms. The number of hydrogen-bond donors (Lipinski definition) is 4. The first kappa shape index (κ1) is 34.5. The Morgan fingerprint density at radius 2 is 1.58 bits per heavy atom. The Labute approximate surface area is 306 Å². The van der Waals surface area contributed by atoms with Crippen LogP contribution in [0.15, 0.2) is 115 Å². The van der Waals surface area contributed by atoms with Gasteiger partial charge in [-0.2, -0.15) is 5.01 Å². The van der Waals surface area contributed by atoms with Crippen molar-refractivity contribution in [1.29, 1.82) is 0 Å². The maximum Gasteiger partial charge on any atom is 0.488 e. The Kier molecular flexibility index (Phi) is 8.76. The van der Waals surface area contributed by atoms with Crippen molar-refractivity contribution >= 4 is 47.6 Å². The van der Waals surface area contributed by atoms with Crippen LogP contribution in [0.3, 0.4) is 0 Å². The van der Waals surface area contributed by atoms with Gasteiger partial charge in [-0.15, -0.1) is 0 Å². The lowest BCUT2D eigenvalue weighted by molar-refractivity contribution is -0.138. The van der Waals surface area contributed by atoms with E-state index in [1.54, 1.807) is 24.3 Å². The lowest BCUT2D eigenvalue weighted by atomic mass is 9.49. The molecule has 6 atom stereocenters. The van der Waals surface area contributed by atoms with Crippen LogP contribution in [0.25, 0.3) is 0 Å². The Morgan fingerprint density at radius 1 is 0.849 bits per heavy atom. The quantitative estimate of drug-likeness (QED) is 0.116. The highest BCUT2D eigenvalue weighted by Crippen LogP contribution is 2.64. The van der Waals surface area contributed by atoms with Gasteiger partial charge in [0.25, 0.3) is 11.8 Å². The van der Waals surface area contributed by atoms with Gasteiger partial charge in [0, 0.05) is 5.92 Å². The van der Waals surface area contributed by atoms with Crippen molar-refractivity contribution < 1.29 is 39.1 Å². The molecule has 11 nitrogen and oxygen atoms in total. The number of benzene rings is 4. The number of aryl methyl sites for hydroxylation is 1. The summed E-state index contributed by atoms with van der Waals surface area (Å²) in [7, 11) is -1.79. The van der Waals surface area contributed by atoms with Gasteiger partial charge in [0.05, 0.1) is 41.2 Å². The molecule has 0 aromatic heterocycles. The number of imide groups is 2. The Bertz CT molecular complexity index is 2120. The normalized spacial score (nSPS) is 26.2. The molecule has 2 heterocycles. The van der Waals surface area contributed by atoms with Crippen LogP contribution in [-0.2, 0) is 24.6 Å². The van der Waals surface area contributed by atoms with Crippen LogP contribution in [0.5, 0.6) is 5.75 Å². The fourth-order valence-electron chi connectivity index (χ4n) is 9.12. The van der Waals surface area contributed by atoms with Crippen LogP contribution in [-0.4, -0.2) is 64.1 Å². The smallest absolute Gasteiger partial charge is 0.488 e. The lowest BCUT2D eigenvalue weighted by Gasteiger charge is -2.50. The van der Waals surface area contributed by atoms with Crippen molar-refractivity contribution in [2.75, 3.05) is 23.5 Å². The van der Waals surface area contributed by atoms with Crippen LogP contribution in [0.4, 0.5) is 11.4 Å². The molecule has 2 saturated heterocycles. The number of carbonyl (C=O) groups excluding carboxylic acids is 4. The largest absolute Gasteiger partial charge is 0.491 e. The van der Waals surface area contributed by atoms with Crippen molar-refractivity contribution in [1.82, 2.24) is 5.01 Å². The molecule has 0 spiro atoms. The monoisotopic (exact) mass is 711 g/mol. The molecule has 4 aromatic rings. The van der Waals surface area contributed by atoms with E-state index in [2.05, 4.69) is 5.43 Å². The van der Waals surface area contributed by atoms with Crippen molar-refractivity contribution in [3.63, 3.8) is 0 Å². The van der Waals surface area contributed by atoms with E-state index in [9.17, 15) is 29.5 Å². The number of allylic oxidation sites excluding steroid dienone is 2. The van der Waals surface area contributed by atoms with Gasteiger partial charge in [-0.05, 0) is 78.7 Å².